The average molecular weight is 1020 g/mol. The molecular formula is C46H49N6O15P3. The van der Waals surface area contributed by atoms with E-state index in [0.29, 0.717) is 35.1 Å². The Hall–Kier alpha value is -6.56. The number of likely N-dealkylation sites (N-methyl/N-ethyl adjacent to an activating group) is 1. The number of rotatable bonds is 8. The molecule has 4 aliphatic carbocycles. The van der Waals surface area contributed by atoms with Gasteiger partial charge < -0.3 is 60.0 Å². The number of hydrogen-bond acceptors (Lipinski definition) is 20. The topological polar surface area (TPSA) is 317 Å². The molecule has 21 nitrogen and oxygen atoms in total. The molecule has 368 valence electrons. The molecule has 1 saturated carbocycles. The summed E-state index contributed by atoms with van der Waals surface area (Å²) in [5.74, 6) is -6.74. The number of aliphatic hydroxyl groups excluding tert-OH is 2. The molecule has 10 atom stereocenters. The number of nitrogens with two attached hydrogens (primary N) is 2. The van der Waals surface area contributed by atoms with Gasteiger partial charge in [-0.15, -0.1) is 0 Å². The number of ketones is 4. The lowest BCUT2D eigenvalue weighted by molar-refractivity contribution is -0.152. The molecule has 0 radical (unpaired) electrons. The van der Waals surface area contributed by atoms with Gasteiger partial charge in [0.1, 0.15) is 45.5 Å². The minimum Gasteiger partial charge on any atom is -0.508 e. The number of para-hydroxylation sites is 1. The van der Waals surface area contributed by atoms with E-state index < -0.39 is 81.4 Å². The van der Waals surface area contributed by atoms with Crippen molar-refractivity contribution in [2.45, 2.75) is 42.2 Å². The molecule has 0 bridgehead atoms. The number of primary amides is 1. The fourth-order valence-corrected chi connectivity index (χ4v) is 10.5. The zero-order valence-corrected chi connectivity index (χ0v) is 41.3. The van der Waals surface area contributed by atoms with Crippen molar-refractivity contribution in [3.63, 3.8) is 0 Å². The average Bonchev–Trinajstić information content (AvgIpc) is 3.75. The van der Waals surface area contributed by atoms with E-state index in [1.54, 1.807) is 74.8 Å². The highest BCUT2D eigenvalue weighted by molar-refractivity contribution is 7.10. The van der Waals surface area contributed by atoms with Crippen LogP contribution in [-0.2, 0) is 23.7 Å². The van der Waals surface area contributed by atoms with Crippen molar-refractivity contribution >= 4 is 80.5 Å². The Balaban J connectivity index is 0.000000161. The maximum absolute atomic E-state index is 13.4. The van der Waals surface area contributed by atoms with Gasteiger partial charge in [-0.1, -0.05) is 36.4 Å². The first-order valence-electron chi connectivity index (χ1n) is 21.1. The van der Waals surface area contributed by atoms with E-state index in [0.717, 1.165) is 0 Å². The summed E-state index contributed by atoms with van der Waals surface area (Å²) in [4.78, 5) is 79.1. The molecule has 3 aromatic carbocycles. The number of allylic oxidation sites excluding steroid dienone is 1. The smallest absolute Gasteiger partial charge is 0.349 e. The summed E-state index contributed by atoms with van der Waals surface area (Å²) < 4.78 is 26.0. The van der Waals surface area contributed by atoms with Crippen molar-refractivity contribution in [1.82, 2.24) is 15.0 Å². The molecule has 0 spiro atoms. The third kappa shape index (κ3) is 8.40. The first kappa shape index (κ1) is 51.3. The summed E-state index contributed by atoms with van der Waals surface area (Å²) in [6, 6.07) is 16.0. The molecule has 2 heterocycles. The molecule has 4 aromatic rings. The molecule has 24 heteroatoms. The van der Waals surface area contributed by atoms with Crippen molar-refractivity contribution in [3.8, 4) is 23.1 Å². The van der Waals surface area contributed by atoms with Crippen molar-refractivity contribution in [2.24, 2.45) is 17.6 Å². The quantitative estimate of drug-likeness (QED) is 0.0331. The first-order chi connectivity index (χ1) is 33.2. The Labute approximate surface area is 406 Å². The van der Waals surface area contributed by atoms with Gasteiger partial charge in [0, 0.05) is 32.7 Å². The number of phenolic OH excluding ortho intramolecular Hbond substituents is 1. The predicted molar refractivity (Wildman–Crippen MR) is 260 cm³/mol. The number of phenols is 1. The fourth-order valence-electron chi connectivity index (χ4n) is 9.70. The maximum atomic E-state index is 13.4. The summed E-state index contributed by atoms with van der Waals surface area (Å²) in [5, 5.41) is 49.8. The minimum absolute atomic E-state index is 0.0196. The Morgan fingerprint density at radius 3 is 2.14 bits per heavy atom. The zero-order valence-electron chi connectivity index (χ0n) is 37.8. The molecule has 1 aromatic heterocycles. The number of anilines is 2. The third-order valence-electron chi connectivity index (χ3n) is 12.8. The van der Waals surface area contributed by atoms with Crippen LogP contribution in [0.5, 0.6) is 23.1 Å². The van der Waals surface area contributed by atoms with Gasteiger partial charge in [-0.25, -0.2) is 4.79 Å². The van der Waals surface area contributed by atoms with Gasteiger partial charge >= 0.3 is 5.97 Å². The van der Waals surface area contributed by atoms with E-state index in [1.807, 2.05) is 34.5 Å². The highest BCUT2D eigenvalue weighted by atomic mass is 31.0. The second kappa shape index (κ2) is 20.0. The van der Waals surface area contributed by atoms with Crippen LogP contribution in [0.3, 0.4) is 0 Å². The molecule has 70 heavy (non-hydrogen) atoms. The number of amides is 1. The standard InChI is InChI=1S/C20H21N3O7.C13H16N2O5P2.C13H12NO3P/c1-23(2)14-7-6-9-12(15(25)11-8(22-9)4-3-5-10(11)24)17(27)20(7,30)18(28)13(16(14)26)19(21)29;1-15(2)9-6-4-3-5-7(16)13(6,20-22)11(17)8-10(9)18-14-12(8)19-21;14-10-7-4-8-11(17-18)12(10)13(15)16-9-5-2-1-3-6-9/h3-5,7,9,14,22,24-25,28,30H,6H2,1-2H3,(H2,21,29);3,5-6,9H,4,21-22H2,1-2H3;1-8H,14,18H2/t7-,9-,14-,20-;6-,9-,13-;/m00./s1. The minimum atomic E-state index is -2.64. The summed E-state index contributed by atoms with van der Waals surface area (Å²) in [5.41, 5.74) is 6.73. The molecule has 0 saturated heterocycles. The number of benzene rings is 3. The third-order valence-corrected chi connectivity index (χ3v) is 13.6. The van der Waals surface area contributed by atoms with E-state index in [2.05, 4.69) is 29.4 Å². The Kier molecular flexibility index (Phi) is 14.7. The highest BCUT2D eigenvalue weighted by Gasteiger charge is 2.65. The molecule has 5 aliphatic rings. The molecular weight excluding hydrogens is 969 g/mol. The number of esters is 1. The molecule has 3 unspecified atom stereocenters. The number of aliphatic hydroxyl groups is 3. The van der Waals surface area contributed by atoms with E-state index in [1.165, 1.54) is 17.0 Å². The molecule has 9 N–H and O–H groups in total. The van der Waals surface area contributed by atoms with Gasteiger partial charge in [-0.05, 0) is 88.7 Å². The van der Waals surface area contributed by atoms with Gasteiger partial charge in [0.05, 0.1) is 48.2 Å². The van der Waals surface area contributed by atoms with E-state index >= 15 is 0 Å². The number of carbonyl (C=O) groups excluding carboxylic acids is 6. The lowest BCUT2D eigenvalue weighted by Gasteiger charge is -2.50. The van der Waals surface area contributed by atoms with Crippen LogP contribution < -0.4 is 30.6 Å². The zero-order chi connectivity index (χ0) is 51.1. The number of carbonyl (C=O) groups is 6. The van der Waals surface area contributed by atoms with Crippen molar-refractivity contribution in [3.05, 3.63) is 118 Å². The molecule has 1 fully saturated rings. The van der Waals surface area contributed by atoms with Gasteiger partial charge in [0.2, 0.25) is 17.2 Å². The SMILES string of the molecule is CN(C)[C@@H]1C(=O)C(C(N)=O)=C(O)[C@@]2(O)C(=O)C3=C(O)c4c(O)cccc4N[C@H]3C[C@@H]12.CN(C)[C@@H]1c2onc(OP)c2C(=O)[C@@]2(OP)C(=O)C=CC[C@@H]12.Nc1cccc(OP)c1C(=O)Oc1ccccc1. The van der Waals surface area contributed by atoms with Gasteiger partial charge in [-0.2, -0.15) is 0 Å². The highest BCUT2D eigenvalue weighted by Crippen LogP contribution is 2.53. The molecule has 9 rings (SSSR count). The van der Waals surface area contributed by atoms with Crippen LogP contribution >= 0.6 is 28.4 Å². The van der Waals surface area contributed by atoms with Crippen molar-refractivity contribution < 1.29 is 72.0 Å². The number of nitrogen functional groups attached to an aromatic ring is 1. The van der Waals surface area contributed by atoms with Crippen LogP contribution in [0, 0.1) is 11.8 Å². The number of hydrogen-bond donors (Lipinski definition) is 7. The second-order valence-corrected chi connectivity index (χ2v) is 17.7. The first-order valence-corrected chi connectivity index (χ1v) is 22.6. The second-order valence-electron chi connectivity index (χ2n) is 17.0. The number of ether oxygens (including phenoxy) is 1. The molecule has 1 aliphatic heterocycles. The van der Waals surface area contributed by atoms with Crippen LogP contribution in [0.15, 0.2) is 100 Å². The van der Waals surface area contributed by atoms with Crippen molar-refractivity contribution in [2.75, 3.05) is 39.2 Å². The van der Waals surface area contributed by atoms with Crippen LogP contribution in [0.1, 0.15) is 50.9 Å². The Morgan fingerprint density at radius 2 is 1.53 bits per heavy atom. The number of fused-ring (bicyclic) bond motifs is 5. The number of nitrogens with one attached hydrogen (secondary N) is 1. The number of Topliss-reactive ketones (excluding diaryl/α,β-unsaturated/α-hetero) is 3. The number of aromatic hydroxyl groups is 1. The lowest BCUT2D eigenvalue weighted by atomic mass is 9.60. The largest absolute Gasteiger partial charge is 0.508 e. The van der Waals surface area contributed by atoms with Gasteiger partial charge in [0.25, 0.3) is 11.8 Å². The molecule has 1 amide bonds. The Bertz CT molecular complexity index is 2910. The normalized spacial score (nSPS) is 25.2. The van der Waals surface area contributed by atoms with E-state index in [4.69, 9.17) is 34.3 Å². The predicted octanol–water partition coefficient (Wildman–Crippen LogP) is 3.58. The summed E-state index contributed by atoms with van der Waals surface area (Å²) >= 11 is 0. The number of nitrogens with zero attached hydrogens (tertiary/aromatic N) is 3. The fraction of sp³-hybridized carbons (Fsp3) is 0.283. The number of aromatic nitrogens is 1. The van der Waals surface area contributed by atoms with Crippen LogP contribution in [-0.4, -0.2) is 122 Å². The van der Waals surface area contributed by atoms with Crippen LogP contribution in [0.2, 0.25) is 0 Å². The lowest BCUT2D eigenvalue weighted by Crippen LogP contribution is -2.67. The van der Waals surface area contributed by atoms with Crippen LogP contribution in [0.25, 0.3) is 5.76 Å². The summed E-state index contributed by atoms with van der Waals surface area (Å²) in [6.07, 6.45) is 3.64. The van der Waals surface area contributed by atoms with E-state index in [9.17, 15) is 49.2 Å². The summed E-state index contributed by atoms with van der Waals surface area (Å²) in [6.45, 7) is 0. The Morgan fingerprint density at radius 1 is 0.857 bits per heavy atom. The van der Waals surface area contributed by atoms with Crippen LogP contribution in [0.4, 0.5) is 11.4 Å². The van der Waals surface area contributed by atoms with Crippen molar-refractivity contribution in [1.29, 1.82) is 0 Å². The van der Waals surface area contributed by atoms with Gasteiger partial charge in [-0.3, -0.25) is 33.8 Å². The van der Waals surface area contributed by atoms with Gasteiger partial charge in [0.15, 0.2) is 22.9 Å². The maximum Gasteiger partial charge on any atom is 0.349 e. The monoisotopic (exact) mass is 1020 g/mol. The van der Waals surface area contributed by atoms with E-state index in [-0.39, 0.29) is 52.1 Å². The summed E-state index contributed by atoms with van der Waals surface area (Å²) in [7, 11) is 12.9.